The molecule has 2 amide bonds. The van der Waals surface area contributed by atoms with E-state index in [1.54, 1.807) is 7.11 Å². The van der Waals surface area contributed by atoms with Gasteiger partial charge in [0.2, 0.25) is 5.91 Å². The smallest absolute Gasteiger partial charge is 0.392 e. The molecular formula is C38H44F3N3O6. The minimum absolute atomic E-state index is 0.0212. The number of likely N-dealkylation sites (tertiary alicyclic amines) is 2. The summed E-state index contributed by atoms with van der Waals surface area (Å²) in [5.74, 6) is -2.57. The summed E-state index contributed by atoms with van der Waals surface area (Å²) >= 11 is 0. The van der Waals surface area contributed by atoms with Crippen LogP contribution in [0.2, 0.25) is 0 Å². The first-order valence-corrected chi connectivity index (χ1v) is 17.2. The zero-order valence-electron chi connectivity index (χ0n) is 28.1. The topological polar surface area (TPSA) is 101 Å². The van der Waals surface area contributed by atoms with E-state index < -0.39 is 30.3 Å². The summed E-state index contributed by atoms with van der Waals surface area (Å²) in [6, 6.07) is 22.6. The van der Waals surface area contributed by atoms with Crippen molar-refractivity contribution in [2.45, 2.75) is 82.0 Å². The molecule has 9 nitrogen and oxygen atoms in total. The van der Waals surface area contributed by atoms with E-state index in [0.29, 0.717) is 30.4 Å². The average Bonchev–Trinajstić information content (AvgIpc) is 3.80. The summed E-state index contributed by atoms with van der Waals surface area (Å²) in [6.45, 7) is 2.47. The molecule has 50 heavy (non-hydrogen) atoms. The number of halogens is 3. The quantitative estimate of drug-likeness (QED) is 0.267. The van der Waals surface area contributed by atoms with E-state index in [1.807, 2.05) is 72.8 Å². The Balaban J connectivity index is 1.13. The largest absolute Gasteiger partial charge is 0.471 e. The van der Waals surface area contributed by atoms with Gasteiger partial charge in [-0.2, -0.15) is 13.2 Å². The molecule has 3 fully saturated rings. The second-order valence-corrected chi connectivity index (χ2v) is 13.3. The Morgan fingerprint density at radius 1 is 0.920 bits per heavy atom. The van der Waals surface area contributed by atoms with Gasteiger partial charge in [-0.25, -0.2) is 0 Å². The van der Waals surface area contributed by atoms with E-state index in [0.717, 1.165) is 59.3 Å². The fourth-order valence-electron chi connectivity index (χ4n) is 7.26. The van der Waals surface area contributed by atoms with Crippen molar-refractivity contribution in [3.8, 4) is 11.1 Å². The van der Waals surface area contributed by atoms with E-state index in [1.165, 1.54) is 0 Å². The van der Waals surface area contributed by atoms with Gasteiger partial charge in [-0.1, -0.05) is 66.7 Å². The third-order valence-corrected chi connectivity index (χ3v) is 9.88. The van der Waals surface area contributed by atoms with E-state index in [9.17, 15) is 27.9 Å². The molecule has 0 spiro atoms. The lowest BCUT2D eigenvalue weighted by molar-refractivity contribution is -0.253. The van der Waals surface area contributed by atoms with Gasteiger partial charge in [0.15, 0.2) is 6.29 Å². The minimum Gasteiger partial charge on any atom is -0.392 e. The zero-order valence-corrected chi connectivity index (χ0v) is 28.1. The summed E-state index contributed by atoms with van der Waals surface area (Å²) in [4.78, 5) is 27.7. The molecule has 3 heterocycles. The Kier molecular flexibility index (Phi) is 11.5. The van der Waals surface area contributed by atoms with Crippen molar-refractivity contribution in [3.63, 3.8) is 0 Å². The van der Waals surface area contributed by atoms with Gasteiger partial charge in [0, 0.05) is 44.8 Å². The summed E-state index contributed by atoms with van der Waals surface area (Å²) in [5.41, 5.74) is 5.36. The van der Waals surface area contributed by atoms with Crippen LogP contribution in [0.4, 0.5) is 13.2 Å². The first-order valence-electron chi connectivity index (χ1n) is 17.2. The maximum absolute atomic E-state index is 13.0. The lowest BCUT2D eigenvalue weighted by Gasteiger charge is -2.38. The summed E-state index contributed by atoms with van der Waals surface area (Å²) < 4.78 is 57.7. The van der Waals surface area contributed by atoms with Crippen molar-refractivity contribution in [2.24, 2.45) is 0 Å². The molecule has 0 aromatic heterocycles. The van der Waals surface area contributed by atoms with Gasteiger partial charge < -0.3 is 29.5 Å². The lowest BCUT2D eigenvalue weighted by atomic mass is 9.98. The van der Waals surface area contributed by atoms with Crippen LogP contribution in [0, 0.1) is 0 Å². The standard InChI is InChI=1S/C38H44F3N3O6/c1-48-24-31-7-3-17-43(31)22-32-20-34(28-11-9-25(23-45)10-12-28)50-36(49-32)29-15-13-27(14-16-29)30-6-2-5-26(19-30)21-42-35(46)33-8-4-18-44(33)37(47)38(39,40)41/h2,5-6,9-16,19,31-34,36,45H,3-4,7-8,17-18,20-24H2,1H3,(H,42,46)/t31-,32+,33-,34-,36-/m0/s1. The molecule has 6 rings (SSSR count). The predicted octanol–water partition coefficient (Wildman–Crippen LogP) is 5.67. The Hall–Kier alpha value is -3.81. The van der Waals surface area contributed by atoms with E-state index in [2.05, 4.69) is 10.2 Å². The maximum atomic E-state index is 13.0. The fraction of sp³-hybridized carbons (Fsp3) is 0.474. The zero-order chi connectivity index (χ0) is 35.3. The van der Waals surface area contributed by atoms with Gasteiger partial charge in [-0.3, -0.25) is 14.5 Å². The van der Waals surface area contributed by atoms with Gasteiger partial charge in [0.25, 0.3) is 0 Å². The SMILES string of the molecule is COC[C@@H]1CCCN1C[C@H]1C[C@@H](c2ccc(CO)cc2)O[C@@H](c2ccc(-c3cccc(CNC(=O)[C@@H]4CCCN4C(=O)C(F)(F)F)c3)cc2)O1. The molecule has 2 N–H and O–H groups in total. The number of nitrogens with zero attached hydrogens (tertiary/aromatic N) is 2. The molecule has 3 aliphatic rings. The number of benzene rings is 3. The van der Waals surface area contributed by atoms with Crippen molar-refractivity contribution in [2.75, 3.05) is 33.4 Å². The van der Waals surface area contributed by atoms with Crippen molar-refractivity contribution >= 4 is 11.8 Å². The number of amides is 2. The summed E-state index contributed by atoms with van der Waals surface area (Å²) in [7, 11) is 1.74. The molecule has 0 saturated carbocycles. The van der Waals surface area contributed by atoms with Crippen molar-refractivity contribution < 1.29 is 42.1 Å². The number of ether oxygens (including phenoxy) is 3. The van der Waals surface area contributed by atoms with Crippen LogP contribution in [0.1, 0.15) is 66.8 Å². The molecule has 5 atom stereocenters. The molecule has 3 aromatic carbocycles. The molecule has 0 radical (unpaired) electrons. The van der Waals surface area contributed by atoms with Crippen LogP contribution in [-0.2, 0) is 37.0 Å². The number of aliphatic hydroxyl groups excluding tert-OH is 1. The molecular weight excluding hydrogens is 651 g/mol. The molecule has 3 aromatic rings. The number of carbonyl (C=O) groups is 2. The van der Waals surface area contributed by atoms with Gasteiger partial charge in [-0.05, 0) is 66.1 Å². The number of hydrogen-bond acceptors (Lipinski definition) is 7. The predicted molar refractivity (Wildman–Crippen MR) is 179 cm³/mol. The molecule has 268 valence electrons. The van der Waals surface area contributed by atoms with Gasteiger partial charge in [-0.15, -0.1) is 0 Å². The number of alkyl halides is 3. The summed E-state index contributed by atoms with van der Waals surface area (Å²) in [5, 5.41) is 12.2. The van der Waals surface area contributed by atoms with E-state index in [-0.39, 0.29) is 38.3 Å². The second kappa shape index (κ2) is 16.0. The highest BCUT2D eigenvalue weighted by Crippen LogP contribution is 2.39. The van der Waals surface area contributed by atoms with Crippen molar-refractivity contribution in [1.82, 2.24) is 15.1 Å². The molecule has 0 aliphatic carbocycles. The number of nitrogens with one attached hydrogen (secondary N) is 1. The Morgan fingerprint density at radius 3 is 2.38 bits per heavy atom. The average molecular weight is 696 g/mol. The molecule has 3 aliphatic heterocycles. The highest BCUT2D eigenvalue weighted by atomic mass is 19.4. The van der Waals surface area contributed by atoms with Crippen LogP contribution in [0.15, 0.2) is 72.8 Å². The number of rotatable bonds is 11. The highest BCUT2D eigenvalue weighted by Gasteiger charge is 2.47. The molecule has 12 heteroatoms. The third kappa shape index (κ3) is 8.55. The normalized spacial score (nSPS) is 24.4. The Morgan fingerprint density at radius 2 is 1.66 bits per heavy atom. The number of methoxy groups -OCH3 is 1. The van der Waals surface area contributed by atoms with Crippen molar-refractivity contribution in [1.29, 1.82) is 0 Å². The Bertz CT molecular complexity index is 1600. The highest BCUT2D eigenvalue weighted by molar-refractivity contribution is 5.90. The van der Waals surface area contributed by atoms with E-state index >= 15 is 0 Å². The van der Waals surface area contributed by atoms with Gasteiger partial charge in [0.1, 0.15) is 6.04 Å². The van der Waals surface area contributed by atoms with Crippen molar-refractivity contribution in [3.05, 3.63) is 95.1 Å². The van der Waals surface area contributed by atoms with Crippen LogP contribution in [0.25, 0.3) is 11.1 Å². The van der Waals surface area contributed by atoms with Gasteiger partial charge >= 0.3 is 12.1 Å². The fourth-order valence-corrected chi connectivity index (χ4v) is 7.26. The summed E-state index contributed by atoms with van der Waals surface area (Å²) in [6.07, 6.45) is -2.40. The maximum Gasteiger partial charge on any atom is 0.471 e. The van der Waals surface area contributed by atoms with Crippen LogP contribution < -0.4 is 5.32 Å². The third-order valence-electron chi connectivity index (χ3n) is 9.88. The number of carbonyl (C=O) groups excluding carboxylic acids is 2. The minimum atomic E-state index is -5.01. The Labute approximate surface area is 290 Å². The molecule has 3 saturated heterocycles. The molecule has 0 bridgehead atoms. The number of hydrogen-bond donors (Lipinski definition) is 2. The van der Waals surface area contributed by atoms with Crippen LogP contribution in [-0.4, -0.2) is 84.4 Å². The lowest BCUT2D eigenvalue weighted by Crippen LogP contribution is -2.50. The first-order chi connectivity index (χ1) is 24.1. The van der Waals surface area contributed by atoms with Crippen LogP contribution in [0.3, 0.4) is 0 Å². The first kappa shape index (κ1) is 36.0. The second-order valence-electron chi connectivity index (χ2n) is 13.3. The van der Waals surface area contributed by atoms with Crippen LogP contribution >= 0.6 is 0 Å². The van der Waals surface area contributed by atoms with Gasteiger partial charge in [0.05, 0.1) is 25.4 Å². The monoisotopic (exact) mass is 695 g/mol. The van der Waals surface area contributed by atoms with E-state index in [4.69, 9.17) is 14.2 Å². The number of aliphatic hydroxyl groups is 1. The molecule has 0 unspecified atom stereocenters. The van der Waals surface area contributed by atoms with Crippen LogP contribution in [0.5, 0.6) is 0 Å².